The number of furan rings is 1. The molecule has 1 aliphatic rings. The molecule has 3 aromatic rings. The van der Waals surface area contributed by atoms with Crippen LogP contribution in [-0.2, 0) is 0 Å². The first-order chi connectivity index (χ1) is 13.6. The van der Waals surface area contributed by atoms with Crippen molar-refractivity contribution in [2.75, 3.05) is 19.1 Å². The van der Waals surface area contributed by atoms with E-state index < -0.39 is 0 Å². The number of nitrogens with zero attached hydrogens (tertiary/aromatic N) is 2. The minimum absolute atomic E-state index is 0.171. The number of hydrogen-bond donors (Lipinski definition) is 1. The molecule has 2 aromatic heterocycles. The molecule has 0 spiro atoms. The molecule has 0 aliphatic carbocycles. The number of ether oxygens (including phenoxy) is 2. The Bertz CT molecular complexity index is 990. The first kappa shape index (κ1) is 18.3. The highest BCUT2D eigenvalue weighted by Crippen LogP contribution is 2.45. The van der Waals surface area contributed by atoms with Crippen molar-refractivity contribution in [2.24, 2.45) is 0 Å². The van der Waals surface area contributed by atoms with E-state index in [1.807, 2.05) is 60.4 Å². The molecule has 144 valence electrons. The molecule has 0 amide bonds. The Morgan fingerprint density at radius 1 is 1.11 bits per heavy atom. The van der Waals surface area contributed by atoms with E-state index in [-0.39, 0.29) is 12.1 Å². The van der Waals surface area contributed by atoms with Gasteiger partial charge in [0, 0.05) is 12.3 Å². The minimum Gasteiger partial charge on any atom is -0.497 e. The van der Waals surface area contributed by atoms with E-state index >= 15 is 0 Å². The number of aryl methyl sites for hydroxylation is 1. The summed E-state index contributed by atoms with van der Waals surface area (Å²) in [5.41, 5.74) is 1.69. The van der Waals surface area contributed by atoms with Gasteiger partial charge in [-0.1, -0.05) is 6.07 Å². The summed E-state index contributed by atoms with van der Waals surface area (Å²) in [5.74, 6) is 3.05. The Morgan fingerprint density at radius 2 is 1.96 bits per heavy atom. The number of nitrogens with one attached hydrogen (secondary N) is 1. The number of hydrogen-bond acceptors (Lipinski definition) is 5. The monoisotopic (exact) mass is 395 g/mol. The SMILES string of the molecule is COc1ccc(OC)c(N2C(=S)N[C@@H](c3ccccn3)[C@@H]2c2ccc(C)o2)c1. The van der Waals surface area contributed by atoms with Crippen molar-refractivity contribution in [1.29, 1.82) is 0 Å². The number of methoxy groups -OCH3 is 2. The maximum Gasteiger partial charge on any atom is 0.174 e. The molecule has 4 rings (SSSR count). The van der Waals surface area contributed by atoms with Crippen LogP contribution < -0.4 is 19.7 Å². The predicted molar refractivity (Wildman–Crippen MR) is 111 cm³/mol. The number of pyridine rings is 1. The lowest BCUT2D eigenvalue weighted by Crippen LogP contribution is -2.29. The Balaban J connectivity index is 1.87. The molecule has 1 aliphatic heterocycles. The topological polar surface area (TPSA) is 59.8 Å². The lowest BCUT2D eigenvalue weighted by molar-refractivity contribution is 0.397. The summed E-state index contributed by atoms with van der Waals surface area (Å²) < 4.78 is 17.0. The molecular weight excluding hydrogens is 374 g/mol. The Labute approximate surface area is 169 Å². The van der Waals surface area contributed by atoms with Gasteiger partial charge in [-0.2, -0.15) is 0 Å². The minimum atomic E-state index is -0.225. The van der Waals surface area contributed by atoms with E-state index in [4.69, 9.17) is 26.1 Å². The predicted octanol–water partition coefficient (Wildman–Crippen LogP) is 4.18. The van der Waals surface area contributed by atoms with E-state index in [1.165, 1.54) is 0 Å². The molecule has 1 saturated heterocycles. The second-order valence-electron chi connectivity index (χ2n) is 6.48. The molecule has 28 heavy (non-hydrogen) atoms. The van der Waals surface area contributed by atoms with Crippen LogP contribution in [0.4, 0.5) is 5.69 Å². The summed E-state index contributed by atoms with van der Waals surface area (Å²) in [5, 5.41) is 3.97. The van der Waals surface area contributed by atoms with Crippen LogP contribution in [-0.4, -0.2) is 24.3 Å². The van der Waals surface area contributed by atoms with Crippen molar-refractivity contribution >= 4 is 23.0 Å². The fraction of sp³-hybridized carbons (Fsp3) is 0.238. The van der Waals surface area contributed by atoms with Gasteiger partial charge in [-0.25, -0.2) is 0 Å². The smallest absolute Gasteiger partial charge is 0.174 e. The third kappa shape index (κ3) is 3.18. The van der Waals surface area contributed by atoms with Crippen molar-refractivity contribution in [2.45, 2.75) is 19.0 Å². The van der Waals surface area contributed by atoms with Gasteiger partial charge in [0.05, 0.1) is 31.6 Å². The van der Waals surface area contributed by atoms with Gasteiger partial charge in [0.1, 0.15) is 29.1 Å². The highest BCUT2D eigenvalue weighted by molar-refractivity contribution is 7.80. The van der Waals surface area contributed by atoms with Crippen molar-refractivity contribution < 1.29 is 13.9 Å². The van der Waals surface area contributed by atoms with Crippen LogP contribution in [0.3, 0.4) is 0 Å². The average Bonchev–Trinajstić information content (AvgIpc) is 3.30. The molecule has 0 bridgehead atoms. The van der Waals surface area contributed by atoms with Crippen LogP contribution in [0.5, 0.6) is 11.5 Å². The van der Waals surface area contributed by atoms with Crippen LogP contribution in [0.15, 0.2) is 59.1 Å². The van der Waals surface area contributed by atoms with Crippen molar-refractivity contribution in [3.63, 3.8) is 0 Å². The molecule has 3 heterocycles. The van der Waals surface area contributed by atoms with Crippen LogP contribution in [0.25, 0.3) is 0 Å². The van der Waals surface area contributed by atoms with Gasteiger partial charge in [0.2, 0.25) is 0 Å². The zero-order chi connectivity index (χ0) is 19.7. The first-order valence-corrected chi connectivity index (χ1v) is 9.32. The largest absolute Gasteiger partial charge is 0.497 e. The Morgan fingerprint density at radius 3 is 2.61 bits per heavy atom. The number of thiocarbonyl (C=S) groups is 1. The molecule has 6 nitrogen and oxygen atoms in total. The second-order valence-corrected chi connectivity index (χ2v) is 6.87. The van der Waals surface area contributed by atoms with Gasteiger partial charge in [-0.15, -0.1) is 0 Å². The number of aromatic nitrogens is 1. The van der Waals surface area contributed by atoms with Gasteiger partial charge in [-0.05, 0) is 55.5 Å². The normalized spacial score (nSPS) is 18.8. The lowest BCUT2D eigenvalue weighted by Gasteiger charge is -2.27. The fourth-order valence-electron chi connectivity index (χ4n) is 3.50. The van der Waals surface area contributed by atoms with Gasteiger partial charge in [0.25, 0.3) is 0 Å². The molecule has 0 saturated carbocycles. The summed E-state index contributed by atoms with van der Waals surface area (Å²) in [7, 11) is 3.27. The molecule has 1 fully saturated rings. The summed E-state index contributed by atoms with van der Waals surface area (Å²) >= 11 is 5.72. The van der Waals surface area contributed by atoms with Crippen molar-refractivity contribution in [1.82, 2.24) is 10.3 Å². The molecular formula is C21H21N3O3S. The van der Waals surface area contributed by atoms with Crippen LogP contribution in [0.2, 0.25) is 0 Å². The average molecular weight is 395 g/mol. The molecule has 0 radical (unpaired) electrons. The standard InChI is InChI=1S/C21H21N3O3S/c1-13-7-9-18(27-13)20-19(15-6-4-5-11-22-15)23-21(28)24(20)16-12-14(25-2)8-10-17(16)26-3/h4-12,19-20H,1-3H3,(H,23,28)/t19-,20-/m0/s1. The molecule has 1 aromatic carbocycles. The zero-order valence-corrected chi connectivity index (χ0v) is 16.7. The maximum atomic E-state index is 6.01. The zero-order valence-electron chi connectivity index (χ0n) is 15.9. The van der Waals surface area contributed by atoms with Gasteiger partial charge in [-0.3, -0.25) is 4.98 Å². The third-order valence-electron chi connectivity index (χ3n) is 4.80. The van der Waals surface area contributed by atoms with Gasteiger partial charge in [0.15, 0.2) is 5.11 Å². The van der Waals surface area contributed by atoms with Crippen molar-refractivity contribution in [3.05, 3.63) is 71.9 Å². The van der Waals surface area contributed by atoms with E-state index in [9.17, 15) is 0 Å². The lowest BCUT2D eigenvalue weighted by atomic mass is 10.0. The molecule has 1 N–H and O–H groups in total. The van der Waals surface area contributed by atoms with Crippen LogP contribution in [0, 0.1) is 6.92 Å². The highest BCUT2D eigenvalue weighted by atomic mass is 32.1. The third-order valence-corrected chi connectivity index (χ3v) is 5.11. The van der Waals surface area contributed by atoms with Crippen LogP contribution in [0.1, 0.15) is 29.3 Å². The highest BCUT2D eigenvalue weighted by Gasteiger charge is 2.43. The summed E-state index contributed by atoms with van der Waals surface area (Å²) in [6.45, 7) is 1.93. The summed E-state index contributed by atoms with van der Waals surface area (Å²) in [6.07, 6.45) is 1.78. The Hall–Kier alpha value is -3.06. The van der Waals surface area contributed by atoms with Crippen molar-refractivity contribution in [3.8, 4) is 11.5 Å². The Kier molecular flexibility index (Phi) is 4.92. The second kappa shape index (κ2) is 7.52. The fourth-order valence-corrected chi connectivity index (χ4v) is 3.84. The van der Waals surface area contributed by atoms with E-state index in [1.54, 1.807) is 20.4 Å². The quantitative estimate of drug-likeness (QED) is 0.651. The van der Waals surface area contributed by atoms with Gasteiger partial charge < -0.3 is 24.1 Å². The summed E-state index contributed by atoms with van der Waals surface area (Å²) in [6, 6.07) is 15.0. The maximum absolute atomic E-state index is 6.01. The van der Waals surface area contributed by atoms with E-state index in [2.05, 4.69) is 10.3 Å². The van der Waals surface area contributed by atoms with E-state index in [0.29, 0.717) is 16.6 Å². The summed E-state index contributed by atoms with van der Waals surface area (Å²) in [4.78, 5) is 6.54. The number of anilines is 1. The van der Waals surface area contributed by atoms with E-state index in [0.717, 1.165) is 22.9 Å². The molecule has 0 unspecified atom stereocenters. The van der Waals surface area contributed by atoms with Crippen LogP contribution >= 0.6 is 12.2 Å². The number of rotatable bonds is 5. The molecule has 7 heteroatoms. The molecule has 2 atom stereocenters. The number of benzene rings is 1. The van der Waals surface area contributed by atoms with Gasteiger partial charge >= 0.3 is 0 Å². The first-order valence-electron chi connectivity index (χ1n) is 8.91.